The average Bonchev–Trinajstić information content (AvgIpc) is 2.72. The summed E-state index contributed by atoms with van der Waals surface area (Å²) in [5, 5.41) is 3.66. The number of hydrogen-bond acceptors (Lipinski definition) is 4. The van der Waals surface area contributed by atoms with Gasteiger partial charge in [0.05, 0.1) is 7.11 Å². The number of hydrogen-bond donors (Lipinski definition) is 1. The molecule has 2 atom stereocenters. The quantitative estimate of drug-likeness (QED) is 0.701. The standard InChI is InChI=1S/C22H28N2O2/c1-17(24-15-18-6-4-3-5-7-18)20-8-9-21(22(14-20)25-2)26-16-19-10-12-23-13-11-19/h3-4,8-14,17-18,24H,5-7,15-16H2,1-2H3. The van der Waals surface area contributed by atoms with Crippen molar-refractivity contribution in [3.05, 3.63) is 66.0 Å². The number of methoxy groups -OCH3 is 1. The smallest absolute Gasteiger partial charge is 0.161 e. The van der Waals surface area contributed by atoms with Crippen molar-refractivity contribution in [2.75, 3.05) is 13.7 Å². The molecule has 26 heavy (non-hydrogen) atoms. The van der Waals surface area contributed by atoms with Gasteiger partial charge in [0.1, 0.15) is 6.61 Å². The molecule has 3 rings (SSSR count). The molecule has 2 aromatic rings. The molecule has 1 heterocycles. The fourth-order valence-electron chi connectivity index (χ4n) is 3.22. The summed E-state index contributed by atoms with van der Waals surface area (Å²) in [6.45, 7) is 3.75. The average molecular weight is 352 g/mol. The molecule has 0 aliphatic heterocycles. The molecule has 1 aliphatic rings. The molecule has 0 radical (unpaired) electrons. The number of pyridine rings is 1. The van der Waals surface area contributed by atoms with Gasteiger partial charge in [-0.1, -0.05) is 18.2 Å². The van der Waals surface area contributed by atoms with E-state index in [1.807, 2.05) is 18.2 Å². The molecule has 1 N–H and O–H groups in total. The van der Waals surface area contributed by atoms with Gasteiger partial charge in [0, 0.05) is 18.4 Å². The lowest BCUT2D eigenvalue weighted by molar-refractivity contribution is 0.284. The van der Waals surface area contributed by atoms with Crippen molar-refractivity contribution >= 4 is 0 Å². The Labute approximate surface area is 156 Å². The van der Waals surface area contributed by atoms with Gasteiger partial charge in [-0.25, -0.2) is 0 Å². The Morgan fingerprint density at radius 3 is 2.73 bits per heavy atom. The minimum Gasteiger partial charge on any atom is -0.493 e. The summed E-state index contributed by atoms with van der Waals surface area (Å²) in [6.07, 6.45) is 11.8. The van der Waals surface area contributed by atoms with Gasteiger partial charge in [-0.05, 0) is 74.0 Å². The first-order valence-electron chi connectivity index (χ1n) is 9.34. The van der Waals surface area contributed by atoms with Crippen LogP contribution in [0.3, 0.4) is 0 Å². The van der Waals surface area contributed by atoms with E-state index < -0.39 is 0 Å². The summed E-state index contributed by atoms with van der Waals surface area (Å²) in [6, 6.07) is 10.4. The van der Waals surface area contributed by atoms with E-state index in [4.69, 9.17) is 9.47 Å². The summed E-state index contributed by atoms with van der Waals surface area (Å²) < 4.78 is 11.5. The number of rotatable bonds is 8. The normalized spacial score (nSPS) is 17.7. The highest BCUT2D eigenvalue weighted by molar-refractivity contribution is 5.44. The van der Waals surface area contributed by atoms with E-state index in [2.05, 4.69) is 41.5 Å². The number of benzene rings is 1. The molecule has 0 amide bonds. The molecule has 1 aromatic heterocycles. The Hall–Kier alpha value is -2.33. The van der Waals surface area contributed by atoms with Crippen molar-refractivity contribution in [3.63, 3.8) is 0 Å². The minimum atomic E-state index is 0.282. The zero-order chi connectivity index (χ0) is 18.2. The first kappa shape index (κ1) is 18.5. The molecular weight excluding hydrogens is 324 g/mol. The zero-order valence-electron chi connectivity index (χ0n) is 15.7. The van der Waals surface area contributed by atoms with E-state index in [9.17, 15) is 0 Å². The van der Waals surface area contributed by atoms with Crippen LogP contribution >= 0.6 is 0 Å². The minimum absolute atomic E-state index is 0.282. The molecule has 0 spiro atoms. The van der Waals surface area contributed by atoms with Crippen LogP contribution in [0.15, 0.2) is 54.9 Å². The molecule has 138 valence electrons. The fraction of sp³-hybridized carbons (Fsp3) is 0.409. The number of ether oxygens (including phenoxy) is 2. The molecule has 0 fully saturated rings. The van der Waals surface area contributed by atoms with E-state index in [1.54, 1.807) is 19.5 Å². The van der Waals surface area contributed by atoms with E-state index in [1.165, 1.54) is 24.8 Å². The van der Waals surface area contributed by atoms with Crippen molar-refractivity contribution in [2.24, 2.45) is 5.92 Å². The Balaban J connectivity index is 1.59. The lowest BCUT2D eigenvalue weighted by Gasteiger charge is -2.22. The summed E-state index contributed by atoms with van der Waals surface area (Å²) in [5.74, 6) is 2.27. The second-order valence-corrected chi connectivity index (χ2v) is 6.83. The summed E-state index contributed by atoms with van der Waals surface area (Å²) in [5.41, 5.74) is 2.30. The Bertz CT molecular complexity index is 715. The van der Waals surface area contributed by atoms with Crippen molar-refractivity contribution < 1.29 is 9.47 Å². The summed E-state index contributed by atoms with van der Waals surface area (Å²) in [4.78, 5) is 4.03. The molecule has 1 aliphatic carbocycles. The van der Waals surface area contributed by atoms with Crippen LogP contribution in [0.25, 0.3) is 0 Å². The Kier molecular flexibility index (Phi) is 6.67. The van der Waals surface area contributed by atoms with Crippen molar-refractivity contribution in [1.29, 1.82) is 0 Å². The molecule has 2 unspecified atom stereocenters. The van der Waals surface area contributed by atoms with Crippen LogP contribution in [0, 0.1) is 5.92 Å². The third kappa shape index (κ3) is 5.09. The summed E-state index contributed by atoms with van der Waals surface area (Å²) in [7, 11) is 1.69. The lowest BCUT2D eigenvalue weighted by atomic mass is 9.94. The van der Waals surface area contributed by atoms with Crippen LogP contribution < -0.4 is 14.8 Å². The van der Waals surface area contributed by atoms with Gasteiger partial charge in [0.25, 0.3) is 0 Å². The lowest BCUT2D eigenvalue weighted by Crippen LogP contribution is -2.26. The molecule has 0 bridgehead atoms. The van der Waals surface area contributed by atoms with Crippen LogP contribution in [-0.4, -0.2) is 18.6 Å². The number of aromatic nitrogens is 1. The Morgan fingerprint density at radius 1 is 1.15 bits per heavy atom. The van der Waals surface area contributed by atoms with Gasteiger partial charge in [-0.2, -0.15) is 0 Å². The predicted molar refractivity (Wildman–Crippen MR) is 104 cm³/mol. The maximum absolute atomic E-state index is 5.92. The highest BCUT2D eigenvalue weighted by Crippen LogP contribution is 2.31. The maximum atomic E-state index is 5.92. The fourth-order valence-corrected chi connectivity index (χ4v) is 3.22. The molecule has 4 nitrogen and oxygen atoms in total. The van der Waals surface area contributed by atoms with Crippen molar-refractivity contribution in [1.82, 2.24) is 10.3 Å². The third-order valence-electron chi connectivity index (χ3n) is 4.92. The van der Waals surface area contributed by atoms with Crippen LogP contribution in [0.5, 0.6) is 11.5 Å². The number of nitrogens with one attached hydrogen (secondary N) is 1. The highest BCUT2D eigenvalue weighted by Gasteiger charge is 2.14. The van der Waals surface area contributed by atoms with Gasteiger partial charge in [-0.3, -0.25) is 4.98 Å². The van der Waals surface area contributed by atoms with E-state index in [0.29, 0.717) is 6.61 Å². The molecule has 0 saturated heterocycles. The van der Waals surface area contributed by atoms with Crippen LogP contribution in [0.1, 0.15) is 43.4 Å². The van der Waals surface area contributed by atoms with E-state index >= 15 is 0 Å². The first-order chi connectivity index (χ1) is 12.8. The third-order valence-corrected chi connectivity index (χ3v) is 4.92. The number of nitrogens with zero attached hydrogens (tertiary/aromatic N) is 1. The van der Waals surface area contributed by atoms with Crippen molar-refractivity contribution in [2.45, 2.75) is 38.8 Å². The van der Waals surface area contributed by atoms with Gasteiger partial charge >= 0.3 is 0 Å². The van der Waals surface area contributed by atoms with Crippen LogP contribution in [0.4, 0.5) is 0 Å². The van der Waals surface area contributed by atoms with Crippen LogP contribution in [0.2, 0.25) is 0 Å². The monoisotopic (exact) mass is 352 g/mol. The van der Waals surface area contributed by atoms with E-state index in [-0.39, 0.29) is 6.04 Å². The topological polar surface area (TPSA) is 43.4 Å². The number of allylic oxidation sites excluding steroid dienone is 2. The molecule has 0 saturated carbocycles. The van der Waals surface area contributed by atoms with Gasteiger partial charge in [0.15, 0.2) is 11.5 Å². The highest BCUT2D eigenvalue weighted by atomic mass is 16.5. The molecule has 4 heteroatoms. The van der Waals surface area contributed by atoms with Gasteiger partial charge in [0.2, 0.25) is 0 Å². The second kappa shape index (κ2) is 9.39. The van der Waals surface area contributed by atoms with E-state index in [0.717, 1.165) is 29.5 Å². The van der Waals surface area contributed by atoms with Gasteiger partial charge < -0.3 is 14.8 Å². The SMILES string of the molecule is COc1cc(C(C)NCC2CC=CCC2)ccc1OCc1ccncc1. The van der Waals surface area contributed by atoms with Crippen molar-refractivity contribution in [3.8, 4) is 11.5 Å². The first-order valence-corrected chi connectivity index (χ1v) is 9.34. The summed E-state index contributed by atoms with van der Waals surface area (Å²) >= 11 is 0. The second-order valence-electron chi connectivity index (χ2n) is 6.83. The predicted octanol–water partition coefficient (Wildman–Crippen LogP) is 4.68. The molecule has 1 aromatic carbocycles. The van der Waals surface area contributed by atoms with Crippen LogP contribution in [-0.2, 0) is 6.61 Å². The largest absolute Gasteiger partial charge is 0.493 e. The van der Waals surface area contributed by atoms with Gasteiger partial charge in [-0.15, -0.1) is 0 Å². The zero-order valence-corrected chi connectivity index (χ0v) is 15.7. The maximum Gasteiger partial charge on any atom is 0.161 e. The Morgan fingerprint density at radius 2 is 2.00 bits per heavy atom. The molecular formula is C22H28N2O2.